The minimum absolute atomic E-state index is 0.344. The Morgan fingerprint density at radius 2 is 1.75 bits per heavy atom. The SMILES string of the molecule is COc1ccc(CNCc2c(C(=O)O)n(Cc3ccccc3C)c3cc(C)ccc23)cc1. The molecule has 2 N–H and O–H groups in total. The topological polar surface area (TPSA) is 63.5 Å². The van der Waals surface area contributed by atoms with E-state index in [1.165, 1.54) is 0 Å². The van der Waals surface area contributed by atoms with Crippen LogP contribution in [0, 0.1) is 13.8 Å². The average molecular weight is 429 g/mol. The number of carbonyl (C=O) groups is 1. The number of aromatic nitrogens is 1. The summed E-state index contributed by atoms with van der Waals surface area (Å²) in [5, 5.41) is 14.6. The molecule has 0 bridgehead atoms. The van der Waals surface area contributed by atoms with E-state index in [9.17, 15) is 9.90 Å². The zero-order valence-corrected chi connectivity index (χ0v) is 18.7. The second-order valence-corrected chi connectivity index (χ2v) is 8.12. The predicted octanol–water partition coefficient (Wildman–Crippen LogP) is 5.30. The number of hydrogen-bond acceptors (Lipinski definition) is 3. The Hall–Kier alpha value is -3.57. The number of hydrogen-bond donors (Lipinski definition) is 2. The van der Waals surface area contributed by atoms with Crippen molar-refractivity contribution in [2.45, 2.75) is 33.5 Å². The van der Waals surface area contributed by atoms with Crippen molar-refractivity contribution in [2.24, 2.45) is 0 Å². The van der Waals surface area contributed by atoms with E-state index in [0.29, 0.717) is 25.3 Å². The first kappa shape index (κ1) is 21.7. The molecule has 4 rings (SSSR count). The van der Waals surface area contributed by atoms with Crippen molar-refractivity contribution in [1.29, 1.82) is 0 Å². The molecule has 0 amide bonds. The zero-order valence-electron chi connectivity index (χ0n) is 18.7. The third kappa shape index (κ3) is 4.39. The van der Waals surface area contributed by atoms with E-state index in [1.54, 1.807) is 7.11 Å². The number of rotatable bonds is 8. The maximum absolute atomic E-state index is 12.4. The summed E-state index contributed by atoms with van der Waals surface area (Å²) in [7, 11) is 1.65. The summed E-state index contributed by atoms with van der Waals surface area (Å²) >= 11 is 0. The maximum atomic E-state index is 12.4. The van der Waals surface area contributed by atoms with Crippen molar-refractivity contribution in [1.82, 2.24) is 9.88 Å². The van der Waals surface area contributed by atoms with Crippen LogP contribution in [0.4, 0.5) is 0 Å². The molecule has 0 aliphatic carbocycles. The fourth-order valence-corrected chi connectivity index (χ4v) is 4.15. The van der Waals surface area contributed by atoms with Crippen LogP contribution in [0.15, 0.2) is 66.7 Å². The first-order valence-electron chi connectivity index (χ1n) is 10.7. The van der Waals surface area contributed by atoms with Crippen molar-refractivity contribution < 1.29 is 14.6 Å². The fourth-order valence-electron chi connectivity index (χ4n) is 4.15. The van der Waals surface area contributed by atoms with Crippen LogP contribution in [-0.4, -0.2) is 22.8 Å². The highest BCUT2D eigenvalue weighted by Crippen LogP contribution is 2.29. The van der Waals surface area contributed by atoms with E-state index in [1.807, 2.05) is 60.0 Å². The lowest BCUT2D eigenvalue weighted by Crippen LogP contribution is -2.17. The van der Waals surface area contributed by atoms with Gasteiger partial charge in [-0.15, -0.1) is 0 Å². The molecule has 1 heterocycles. The van der Waals surface area contributed by atoms with Crippen LogP contribution < -0.4 is 10.1 Å². The second kappa shape index (κ2) is 9.28. The summed E-state index contributed by atoms with van der Waals surface area (Å²) in [6.07, 6.45) is 0. The van der Waals surface area contributed by atoms with Gasteiger partial charge in [-0.3, -0.25) is 0 Å². The summed E-state index contributed by atoms with van der Waals surface area (Å²) in [5.41, 5.74) is 6.60. The Bertz CT molecular complexity index is 1260. The lowest BCUT2D eigenvalue weighted by atomic mass is 10.1. The van der Waals surface area contributed by atoms with Gasteiger partial charge in [-0.2, -0.15) is 0 Å². The van der Waals surface area contributed by atoms with Crippen LogP contribution in [0.25, 0.3) is 10.9 Å². The van der Waals surface area contributed by atoms with E-state index in [2.05, 4.69) is 30.4 Å². The molecule has 0 spiro atoms. The van der Waals surface area contributed by atoms with Crippen LogP contribution in [0.3, 0.4) is 0 Å². The molecule has 0 aliphatic heterocycles. The van der Waals surface area contributed by atoms with Crippen molar-refractivity contribution in [3.63, 3.8) is 0 Å². The van der Waals surface area contributed by atoms with Gasteiger partial charge in [0.1, 0.15) is 11.4 Å². The van der Waals surface area contributed by atoms with E-state index in [-0.39, 0.29) is 0 Å². The molecule has 0 atom stereocenters. The number of carboxylic acid groups (broad SMARTS) is 1. The van der Waals surface area contributed by atoms with Crippen LogP contribution in [0.1, 0.15) is 38.3 Å². The minimum Gasteiger partial charge on any atom is -0.497 e. The molecular weight excluding hydrogens is 400 g/mol. The third-order valence-electron chi connectivity index (χ3n) is 5.91. The van der Waals surface area contributed by atoms with E-state index >= 15 is 0 Å². The van der Waals surface area contributed by atoms with Gasteiger partial charge in [0, 0.05) is 36.1 Å². The van der Waals surface area contributed by atoms with Gasteiger partial charge in [-0.1, -0.05) is 48.5 Å². The van der Waals surface area contributed by atoms with E-state index < -0.39 is 5.97 Å². The third-order valence-corrected chi connectivity index (χ3v) is 5.91. The zero-order chi connectivity index (χ0) is 22.7. The molecule has 0 unspecified atom stereocenters. The van der Waals surface area contributed by atoms with Crippen LogP contribution in [0.2, 0.25) is 0 Å². The lowest BCUT2D eigenvalue weighted by Gasteiger charge is -2.12. The normalized spacial score (nSPS) is 11.1. The van der Waals surface area contributed by atoms with Crippen molar-refractivity contribution >= 4 is 16.9 Å². The highest BCUT2D eigenvalue weighted by atomic mass is 16.5. The summed E-state index contributed by atoms with van der Waals surface area (Å²) in [6.45, 7) is 5.72. The first-order chi connectivity index (χ1) is 15.5. The monoisotopic (exact) mass is 428 g/mol. The molecule has 0 saturated carbocycles. The largest absolute Gasteiger partial charge is 0.497 e. The molecule has 0 fully saturated rings. The molecule has 5 nitrogen and oxygen atoms in total. The van der Waals surface area contributed by atoms with Gasteiger partial charge < -0.3 is 19.7 Å². The number of methoxy groups -OCH3 is 1. The Morgan fingerprint density at radius 3 is 2.44 bits per heavy atom. The van der Waals surface area contributed by atoms with Gasteiger partial charge in [0.2, 0.25) is 0 Å². The van der Waals surface area contributed by atoms with E-state index in [0.717, 1.165) is 44.5 Å². The number of fused-ring (bicyclic) bond motifs is 1. The number of benzene rings is 3. The summed E-state index contributed by atoms with van der Waals surface area (Å²) in [6, 6.07) is 22.1. The van der Waals surface area contributed by atoms with Crippen LogP contribution in [0.5, 0.6) is 5.75 Å². The smallest absolute Gasteiger partial charge is 0.352 e. The maximum Gasteiger partial charge on any atom is 0.352 e. The minimum atomic E-state index is -0.909. The highest BCUT2D eigenvalue weighted by Gasteiger charge is 2.22. The first-order valence-corrected chi connectivity index (χ1v) is 10.7. The Morgan fingerprint density at radius 1 is 1.00 bits per heavy atom. The fraction of sp³-hybridized carbons (Fsp3) is 0.222. The number of carboxylic acids is 1. The highest BCUT2D eigenvalue weighted by molar-refractivity contribution is 5.98. The number of ether oxygens (including phenoxy) is 1. The van der Waals surface area contributed by atoms with Crippen molar-refractivity contribution in [3.8, 4) is 5.75 Å². The molecule has 4 aromatic rings. The standard InChI is InChI=1S/C27H28N2O3/c1-18-8-13-23-24(16-28-15-20-9-11-22(32-3)12-10-20)26(27(30)31)29(25(23)14-18)17-21-7-5-4-6-19(21)2/h4-14,28H,15-17H2,1-3H3,(H,30,31). The molecule has 1 aromatic heterocycles. The molecule has 0 saturated heterocycles. The lowest BCUT2D eigenvalue weighted by molar-refractivity contribution is 0.0684. The van der Waals surface area contributed by atoms with Crippen molar-refractivity contribution in [3.05, 3.63) is 100 Å². The van der Waals surface area contributed by atoms with Crippen molar-refractivity contribution in [2.75, 3.05) is 7.11 Å². The van der Waals surface area contributed by atoms with Gasteiger partial charge in [0.25, 0.3) is 0 Å². The number of nitrogens with one attached hydrogen (secondary N) is 1. The molecule has 3 aromatic carbocycles. The molecule has 5 heteroatoms. The molecule has 0 aliphatic rings. The van der Waals surface area contributed by atoms with Gasteiger partial charge >= 0.3 is 5.97 Å². The van der Waals surface area contributed by atoms with Crippen LogP contribution >= 0.6 is 0 Å². The van der Waals surface area contributed by atoms with Gasteiger partial charge in [0.15, 0.2) is 0 Å². The summed E-state index contributed by atoms with van der Waals surface area (Å²) in [4.78, 5) is 12.4. The predicted molar refractivity (Wildman–Crippen MR) is 127 cm³/mol. The quantitative estimate of drug-likeness (QED) is 0.400. The van der Waals surface area contributed by atoms with Gasteiger partial charge in [0.05, 0.1) is 7.11 Å². The Labute approximate surface area is 188 Å². The molecular formula is C27H28N2O3. The average Bonchev–Trinajstić information content (AvgIpc) is 3.08. The van der Waals surface area contributed by atoms with E-state index in [4.69, 9.17) is 4.74 Å². The van der Waals surface area contributed by atoms with Gasteiger partial charge in [-0.25, -0.2) is 4.79 Å². The van der Waals surface area contributed by atoms with Gasteiger partial charge in [-0.05, 0) is 54.3 Å². The Balaban J connectivity index is 1.70. The summed E-state index contributed by atoms with van der Waals surface area (Å²) in [5.74, 6) is -0.0924. The Kier molecular flexibility index (Phi) is 6.28. The second-order valence-electron chi connectivity index (χ2n) is 8.12. The molecule has 32 heavy (non-hydrogen) atoms. The molecule has 164 valence electrons. The number of aromatic carboxylic acids is 1. The summed E-state index contributed by atoms with van der Waals surface area (Å²) < 4.78 is 7.16. The van der Waals surface area contributed by atoms with Crippen LogP contribution in [-0.2, 0) is 19.6 Å². The number of nitrogens with zero attached hydrogens (tertiary/aromatic N) is 1. The number of aryl methyl sites for hydroxylation is 2. The molecule has 0 radical (unpaired) electrons.